The van der Waals surface area contributed by atoms with Crippen LogP contribution in [0.1, 0.15) is 5.56 Å². The molecule has 82 valence electrons. The van der Waals surface area contributed by atoms with Gasteiger partial charge in [-0.05, 0) is 18.0 Å². The Balaban J connectivity index is 2.92. The highest BCUT2D eigenvalue weighted by atomic mass is 32.2. The SMILES string of the molecule is O=C(O)NSc1cnccc1C(F)(F)F. The highest BCUT2D eigenvalue weighted by molar-refractivity contribution is 7.98. The van der Waals surface area contributed by atoms with E-state index in [1.165, 1.54) is 0 Å². The van der Waals surface area contributed by atoms with Gasteiger partial charge >= 0.3 is 12.3 Å². The molecule has 0 radical (unpaired) electrons. The lowest BCUT2D eigenvalue weighted by Crippen LogP contribution is -2.14. The molecule has 1 aromatic rings. The Labute approximate surface area is 86.6 Å². The molecular weight excluding hydrogens is 233 g/mol. The number of nitrogens with one attached hydrogen (secondary N) is 1. The van der Waals surface area contributed by atoms with Crippen molar-refractivity contribution in [3.05, 3.63) is 24.0 Å². The fourth-order valence-electron chi connectivity index (χ4n) is 0.794. The van der Waals surface area contributed by atoms with E-state index in [4.69, 9.17) is 5.11 Å². The first-order valence-electron chi connectivity index (χ1n) is 3.58. The van der Waals surface area contributed by atoms with Gasteiger partial charge < -0.3 is 5.11 Å². The average molecular weight is 238 g/mol. The highest BCUT2D eigenvalue weighted by Gasteiger charge is 2.33. The van der Waals surface area contributed by atoms with Crippen LogP contribution < -0.4 is 4.72 Å². The molecule has 1 rings (SSSR count). The van der Waals surface area contributed by atoms with Gasteiger partial charge in [-0.3, -0.25) is 9.71 Å². The van der Waals surface area contributed by atoms with Crippen molar-refractivity contribution in [2.45, 2.75) is 11.1 Å². The number of hydrogen-bond acceptors (Lipinski definition) is 3. The molecule has 0 aromatic carbocycles. The van der Waals surface area contributed by atoms with E-state index in [1.54, 1.807) is 4.72 Å². The van der Waals surface area contributed by atoms with Crippen molar-refractivity contribution in [1.29, 1.82) is 0 Å². The number of carboxylic acid groups (broad SMARTS) is 1. The molecule has 0 saturated carbocycles. The summed E-state index contributed by atoms with van der Waals surface area (Å²) in [5.41, 5.74) is -0.920. The molecule has 0 bridgehead atoms. The zero-order chi connectivity index (χ0) is 11.5. The molecule has 0 aliphatic heterocycles. The minimum absolute atomic E-state index is 0.285. The maximum absolute atomic E-state index is 12.4. The van der Waals surface area contributed by atoms with Crippen LogP contribution in [0.4, 0.5) is 18.0 Å². The van der Waals surface area contributed by atoms with Gasteiger partial charge in [-0.1, -0.05) is 0 Å². The summed E-state index contributed by atoms with van der Waals surface area (Å²) in [6, 6.07) is 0.784. The number of aromatic nitrogens is 1. The molecule has 2 N–H and O–H groups in total. The number of carbonyl (C=O) groups is 1. The summed E-state index contributed by atoms with van der Waals surface area (Å²) in [5.74, 6) is 0. The van der Waals surface area contributed by atoms with Crippen LogP contribution in [0.5, 0.6) is 0 Å². The molecule has 15 heavy (non-hydrogen) atoms. The molecule has 0 unspecified atom stereocenters. The lowest BCUT2D eigenvalue weighted by atomic mass is 10.3. The Bertz CT molecular complexity index is 369. The second-order valence-corrected chi connectivity index (χ2v) is 3.23. The van der Waals surface area contributed by atoms with E-state index >= 15 is 0 Å². The fourth-order valence-corrected chi connectivity index (χ4v) is 1.40. The zero-order valence-corrected chi connectivity index (χ0v) is 7.89. The molecule has 0 spiro atoms. The third-order valence-electron chi connectivity index (χ3n) is 1.34. The number of rotatable bonds is 2. The van der Waals surface area contributed by atoms with Gasteiger partial charge in [0, 0.05) is 12.4 Å². The first-order valence-corrected chi connectivity index (χ1v) is 4.40. The predicted molar refractivity (Wildman–Crippen MR) is 46.3 cm³/mol. The number of halogens is 3. The van der Waals surface area contributed by atoms with Gasteiger partial charge in [-0.25, -0.2) is 4.79 Å². The van der Waals surface area contributed by atoms with Crippen LogP contribution in [-0.4, -0.2) is 16.2 Å². The number of nitrogens with zero attached hydrogens (tertiary/aromatic N) is 1. The van der Waals surface area contributed by atoms with Gasteiger partial charge in [-0.2, -0.15) is 13.2 Å². The van der Waals surface area contributed by atoms with Crippen LogP contribution in [0.2, 0.25) is 0 Å². The molecule has 8 heteroatoms. The molecule has 4 nitrogen and oxygen atoms in total. The van der Waals surface area contributed by atoms with Crippen molar-refractivity contribution in [2.24, 2.45) is 0 Å². The Hall–Kier alpha value is -1.44. The summed E-state index contributed by atoms with van der Waals surface area (Å²) in [4.78, 5) is 13.3. The normalized spacial score (nSPS) is 11.1. The minimum Gasteiger partial charge on any atom is -0.464 e. The van der Waals surface area contributed by atoms with Crippen molar-refractivity contribution >= 4 is 18.0 Å². The van der Waals surface area contributed by atoms with Gasteiger partial charge in [0.2, 0.25) is 0 Å². The second-order valence-electron chi connectivity index (χ2n) is 2.38. The van der Waals surface area contributed by atoms with E-state index in [0.717, 1.165) is 18.5 Å². The van der Waals surface area contributed by atoms with E-state index in [-0.39, 0.29) is 4.90 Å². The highest BCUT2D eigenvalue weighted by Crippen LogP contribution is 2.34. The first-order chi connectivity index (χ1) is 6.91. The van der Waals surface area contributed by atoms with Crippen molar-refractivity contribution in [3.8, 4) is 0 Å². The van der Waals surface area contributed by atoms with Crippen molar-refractivity contribution < 1.29 is 23.1 Å². The number of alkyl halides is 3. The standard InChI is InChI=1S/C7H5F3N2O2S/c8-7(9,10)4-1-2-11-3-5(4)15-12-6(13)14/h1-3,12H,(H,13,14). The van der Waals surface area contributed by atoms with E-state index in [9.17, 15) is 18.0 Å². The average Bonchev–Trinajstić information content (AvgIpc) is 2.13. The van der Waals surface area contributed by atoms with E-state index in [2.05, 4.69) is 4.98 Å². The van der Waals surface area contributed by atoms with Crippen LogP contribution in [0, 0.1) is 0 Å². The summed E-state index contributed by atoms with van der Waals surface area (Å²) in [7, 11) is 0. The summed E-state index contributed by atoms with van der Waals surface area (Å²) in [5, 5.41) is 8.23. The lowest BCUT2D eigenvalue weighted by molar-refractivity contribution is -0.139. The zero-order valence-electron chi connectivity index (χ0n) is 7.08. The van der Waals surface area contributed by atoms with Gasteiger partial charge in [0.05, 0.1) is 10.5 Å². The molecule has 1 amide bonds. The summed E-state index contributed by atoms with van der Waals surface area (Å²) >= 11 is 0.350. The van der Waals surface area contributed by atoms with E-state index < -0.39 is 17.8 Å². The van der Waals surface area contributed by atoms with Gasteiger partial charge in [0.1, 0.15) is 0 Å². The van der Waals surface area contributed by atoms with Crippen LogP contribution in [-0.2, 0) is 6.18 Å². The summed E-state index contributed by atoms with van der Waals surface area (Å²) in [6.45, 7) is 0. The van der Waals surface area contributed by atoms with Gasteiger partial charge in [0.15, 0.2) is 0 Å². The third kappa shape index (κ3) is 3.31. The quantitative estimate of drug-likeness (QED) is 0.776. The number of amides is 1. The molecule has 0 fully saturated rings. The fraction of sp³-hybridized carbons (Fsp3) is 0.143. The molecule has 0 aliphatic rings. The smallest absolute Gasteiger partial charge is 0.417 e. The van der Waals surface area contributed by atoms with Crippen molar-refractivity contribution in [2.75, 3.05) is 0 Å². The molecule has 0 aliphatic carbocycles. The predicted octanol–water partition coefficient (Wildman–Crippen LogP) is 2.38. The number of pyridine rings is 1. The third-order valence-corrected chi connectivity index (χ3v) is 2.16. The van der Waals surface area contributed by atoms with Crippen molar-refractivity contribution in [1.82, 2.24) is 9.71 Å². The Kier molecular flexibility index (Phi) is 3.40. The van der Waals surface area contributed by atoms with Crippen LogP contribution in [0.15, 0.2) is 23.4 Å². The van der Waals surface area contributed by atoms with Gasteiger partial charge in [-0.15, -0.1) is 0 Å². The van der Waals surface area contributed by atoms with Crippen molar-refractivity contribution in [3.63, 3.8) is 0 Å². The Morgan fingerprint density at radius 2 is 2.20 bits per heavy atom. The van der Waals surface area contributed by atoms with Crippen LogP contribution in [0.3, 0.4) is 0 Å². The molecule has 1 aromatic heterocycles. The minimum atomic E-state index is -4.52. The van der Waals surface area contributed by atoms with Gasteiger partial charge in [0.25, 0.3) is 0 Å². The summed E-state index contributed by atoms with van der Waals surface area (Å²) < 4.78 is 38.8. The number of hydrogen-bond donors (Lipinski definition) is 2. The lowest BCUT2D eigenvalue weighted by Gasteiger charge is -2.10. The van der Waals surface area contributed by atoms with Crippen LogP contribution >= 0.6 is 11.9 Å². The largest absolute Gasteiger partial charge is 0.464 e. The molecule has 0 atom stereocenters. The van der Waals surface area contributed by atoms with E-state index in [0.29, 0.717) is 11.9 Å². The Morgan fingerprint density at radius 3 is 2.73 bits per heavy atom. The van der Waals surface area contributed by atoms with Crippen LogP contribution in [0.25, 0.3) is 0 Å². The first kappa shape index (κ1) is 11.6. The monoisotopic (exact) mass is 238 g/mol. The molecule has 1 heterocycles. The van der Waals surface area contributed by atoms with E-state index in [1.807, 2.05) is 0 Å². The molecule has 0 saturated heterocycles. The summed E-state index contributed by atoms with van der Waals surface area (Å²) in [6.07, 6.45) is -4.00. The topological polar surface area (TPSA) is 62.2 Å². The Morgan fingerprint density at radius 1 is 1.53 bits per heavy atom. The molecular formula is C7H5F3N2O2S. The maximum Gasteiger partial charge on any atom is 0.417 e. The maximum atomic E-state index is 12.4. The second kappa shape index (κ2) is 4.39.